The number of halogens is 3. The smallest absolute Gasteiger partial charge is 0.231 e. The number of rotatable bonds is 8. The Balaban J connectivity index is 1.32. The van der Waals surface area contributed by atoms with Gasteiger partial charge in [0, 0.05) is 43.6 Å². The van der Waals surface area contributed by atoms with Crippen LogP contribution in [0.1, 0.15) is 16.8 Å². The van der Waals surface area contributed by atoms with Crippen molar-refractivity contribution in [3.05, 3.63) is 106 Å². The summed E-state index contributed by atoms with van der Waals surface area (Å²) in [6, 6.07) is 17.5. The van der Waals surface area contributed by atoms with Crippen LogP contribution in [-0.2, 0) is 19.5 Å². The van der Waals surface area contributed by atoms with Crippen LogP contribution in [-0.4, -0.2) is 32.9 Å². The quantitative estimate of drug-likeness (QED) is 0.248. The summed E-state index contributed by atoms with van der Waals surface area (Å²) in [5.41, 5.74) is 3.68. The molecule has 0 bridgehead atoms. The molecule has 0 saturated heterocycles. The van der Waals surface area contributed by atoms with Gasteiger partial charge in [-0.1, -0.05) is 41.4 Å². The summed E-state index contributed by atoms with van der Waals surface area (Å²) >= 11 is 18.5. The van der Waals surface area contributed by atoms with Crippen molar-refractivity contribution < 1.29 is 13.9 Å². The van der Waals surface area contributed by atoms with Crippen molar-refractivity contribution >= 4 is 46.2 Å². The highest BCUT2D eigenvalue weighted by Gasteiger charge is 2.17. The van der Waals surface area contributed by atoms with Crippen LogP contribution >= 0.6 is 35.4 Å². The summed E-state index contributed by atoms with van der Waals surface area (Å²) in [4.78, 5) is 6.37. The van der Waals surface area contributed by atoms with Crippen LogP contribution in [0.4, 0.5) is 10.1 Å². The van der Waals surface area contributed by atoms with E-state index in [1.54, 1.807) is 18.2 Å². The molecule has 1 aliphatic rings. The molecule has 6 nitrogen and oxygen atoms in total. The Kier molecular flexibility index (Phi) is 7.79. The van der Waals surface area contributed by atoms with Crippen molar-refractivity contribution in [2.24, 2.45) is 0 Å². The van der Waals surface area contributed by atoms with Crippen molar-refractivity contribution in [1.29, 1.82) is 0 Å². The van der Waals surface area contributed by atoms with E-state index >= 15 is 0 Å². The van der Waals surface area contributed by atoms with Crippen LogP contribution in [0.25, 0.3) is 0 Å². The number of ether oxygens (including phenoxy) is 2. The fourth-order valence-electron chi connectivity index (χ4n) is 4.05. The minimum absolute atomic E-state index is 0.244. The molecule has 0 atom stereocenters. The lowest BCUT2D eigenvalue weighted by Gasteiger charge is -2.27. The summed E-state index contributed by atoms with van der Waals surface area (Å²) < 4.78 is 26.4. The zero-order valence-electron chi connectivity index (χ0n) is 19.7. The van der Waals surface area contributed by atoms with Crippen LogP contribution in [0, 0.1) is 5.82 Å². The molecular weight excluding hydrogens is 534 g/mol. The number of fused-ring (bicyclic) bond motifs is 1. The summed E-state index contributed by atoms with van der Waals surface area (Å²) in [6.45, 7) is 1.92. The van der Waals surface area contributed by atoms with Gasteiger partial charge in [-0.25, -0.2) is 9.37 Å². The molecule has 2 heterocycles. The van der Waals surface area contributed by atoms with Gasteiger partial charge in [-0.15, -0.1) is 0 Å². The molecule has 0 aliphatic carbocycles. The molecule has 0 spiro atoms. The third-order valence-corrected chi connectivity index (χ3v) is 7.22. The number of nitrogens with one attached hydrogen (secondary N) is 1. The maximum atomic E-state index is 13.4. The zero-order chi connectivity index (χ0) is 25.8. The van der Waals surface area contributed by atoms with Gasteiger partial charge in [0.2, 0.25) is 6.79 Å². The predicted octanol–water partition coefficient (Wildman–Crippen LogP) is 6.55. The molecule has 0 radical (unpaired) electrons. The van der Waals surface area contributed by atoms with Crippen LogP contribution in [0.2, 0.25) is 10.0 Å². The summed E-state index contributed by atoms with van der Waals surface area (Å²) in [7, 11) is 0. The molecule has 10 heteroatoms. The second-order valence-corrected chi connectivity index (χ2v) is 9.69. The molecular formula is C27H23Cl2FN4O2S. The van der Waals surface area contributed by atoms with Crippen LogP contribution in [0.3, 0.4) is 0 Å². The van der Waals surface area contributed by atoms with E-state index in [0.717, 1.165) is 28.3 Å². The molecule has 1 aliphatic heterocycles. The summed E-state index contributed by atoms with van der Waals surface area (Å²) in [6.07, 6.45) is 4.34. The Hall–Kier alpha value is -3.33. The van der Waals surface area contributed by atoms with Gasteiger partial charge in [-0.05, 0) is 65.8 Å². The Bertz CT molecular complexity index is 1410. The number of anilines is 1. The SMILES string of the molecule is Fc1ccc(NC(=S)N(CCc2cncn2Cc2ccc3c(c2)OCO3)Cc2cccc(Cl)c2Cl)cc1. The van der Waals surface area contributed by atoms with E-state index < -0.39 is 0 Å². The topological polar surface area (TPSA) is 51.6 Å². The molecule has 0 fully saturated rings. The van der Waals surface area contributed by atoms with E-state index in [9.17, 15) is 4.39 Å². The van der Waals surface area contributed by atoms with E-state index in [0.29, 0.717) is 46.9 Å². The van der Waals surface area contributed by atoms with E-state index in [2.05, 4.69) is 14.9 Å². The van der Waals surface area contributed by atoms with Crippen LogP contribution < -0.4 is 14.8 Å². The maximum absolute atomic E-state index is 13.4. The third kappa shape index (κ3) is 6.15. The molecule has 0 saturated carbocycles. The van der Waals surface area contributed by atoms with Gasteiger partial charge in [0.05, 0.1) is 16.4 Å². The molecule has 4 aromatic rings. The van der Waals surface area contributed by atoms with Gasteiger partial charge < -0.3 is 24.3 Å². The number of thiocarbonyl (C=S) groups is 1. The van der Waals surface area contributed by atoms with Crippen molar-refractivity contribution in [3.63, 3.8) is 0 Å². The molecule has 1 aromatic heterocycles. The van der Waals surface area contributed by atoms with Gasteiger partial charge in [0.15, 0.2) is 16.6 Å². The number of aromatic nitrogens is 2. The van der Waals surface area contributed by atoms with Crippen LogP contribution in [0.5, 0.6) is 11.5 Å². The fraction of sp³-hybridized carbons (Fsp3) is 0.185. The first-order valence-corrected chi connectivity index (χ1v) is 12.7. The number of benzene rings is 3. The molecule has 3 aromatic carbocycles. The highest BCUT2D eigenvalue weighted by molar-refractivity contribution is 7.80. The van der Waals surface area contributed by atoms with Gasteiger partial charge >= 0.3 is 0 Å². The number of imidazole rings is 1. The second kappa shape index (κ2) is 11.4. The van der Waals surface area contributed by atoms with Gasteiger partial charge in [-0.3, -0.25) is 0 Å². The molecule has 0 amide bonds. The largest absolute Gasteiger partial charge is 0.454 e. The Morgan fingerprint density at radius 1 is 1.08 bits per heavy atom. The Labute approximate surface area is 229 Å². The van der Waals surface area contributed by atoms with E-state index in [1.807, 2.05) is 47.8 Å². The van der Waals surface area contributed by atoms with Crippen molar-refractivity contribution in [2.75, 3.05) is 18.7 Å². The third-order valence-electron chi connectivity index (χ3n) is 6.00. The summed E-state index contributed by atoms with van der Waals surface area (Å²) in [5.74, 6) is 1.20. The maximum Gasteiger partial charge on any atom is 0.231 e. The van der Waals surface area contributed by atoms with Gasteiger partial charge in [0.1, 0.15) is 5.82 Å². The summed E-state index contributed by atoms with van der Waals surface area (Å²) in [5, 5.41) is 4.67. The first-order chi connectivity index (χ1) is 18.0. The molecule has 5 rings (SSSR count). The van der Waals surface area contributed by atoms with E-state index in [4.69, 9.17) is 44.9 Å². The van der Waals surface area contributed by atoms with Crippen molar-refractivity contribution in [1.82, 2.24) is 14.5 Å². The zero-order valence-corrected chi connectivity index (χ0v) is 22.0. The normalized spacial score (nSPS) is 12.0. The van der Waals surface area contributed by atoms with Crippen molar-refractivity contribution in [3.8, 4) is 11.5 Å². The molecule has 0 unspecified atom stereocenters. The Morgan fingerprint density at radius 2 is 1.89 bits per heavy atom. The highest BCUT2D eigenvalue weighted by Crippen LogP contribution is 2.33. The average molecular weight is 557 g/mol. The highest BCUT2D eigenvalue weighted by atomic mass is 35.5. The number of hydrogen-bond donors (Lipinski definition) is 1. The Morgan fingerprint density at radius 3 is 2.73 bits per heavy atom. The van der Waals surface area contributed by atoms with Gasteiger partial charge in [-0.2, -0.15) is 0 Å². The first-order valence-electron chi connectivity index (χ1n) is 11.6. The lowest BCUT2D eigenvalue weighted by atomic mass is 10.2. The minimum Gasteiger partial charge on any atom is -0.454 e. The fourth-order valence-corrected chi connectivity index (χ4v) is 4.70. The second-order valence-electron chi connectivity index (χ2n) is 8.52. The minimum atomic E-state index is -0.310. The standard InChI is InChI=1S/C27H23Cl2FN4O2S/c28-23-3-1-2-19(26(23)29)15-33(27(37)32-21-7-5-20(30)6-8-21)11-10-22-13-31-16-34(22)14-18-4-9-24-25(12-18)36-17-35-24/h1-9,12-13,16H,10-11,14-15,17H2,(H,32,37). The first kappa shape index (κ1) is 25.3. The number of nitrogens with zero attached hydrogens (tertiary/aromatic N) is 3. The molecule has 1 N–H and O–H groups in total. The number of hydrogen-bond acceptors (Lipinski definition) is 4. The average Bonchev–Trinajstić information content (AvgIpc) is 3.54. The van der Waals surface area contributed by atoms with E-state index in [-0.39, 0.29) is 12.6 Å². The monoisotopic (exact) mass is 556 g/mol. The lowest BCUT2D eigenvalue weighted by Crippen LogP contribution is -2.36. The molecule has 190 valence electrons. The molecule has 37 heavy (non-hydrogen) atoms. The predicted molar refractivity (Wildman–Crippen MR) is 147 cm³/mol. The van der Waals surface area contributed by atoms with Crippen molar-refractivity contribution in [2.45, 2.75) is 19.5 Å². The lowest BCUT2D eigenvalue weighted by molar-refractivity contribution is 0.174. The van der Waals surface area contributed by atoms with Crippen LogP contribution in [0.15, 0.2) is 73.2 Å². The van der Waals surface area contributed by atoms with Gasteiger partial charge in [0.25, 0.3) is 0 Å². The van der Waals surface area contributed by atoms with E-state index in [1.165, 1.54) is 12.1 Å².